The van der Waals surface area contributed by atoms with Crippen molar-refractivity contribution in [1.29, 1.82) is 0 Å². The van der Waals surface area contributed by atoms with Crippen molar-refractivity contribution in [3.63, 3.8) is 0 Å². The highest BCUT2D eigenvalue weighted by Crippen LogP contribution is 2.27. The SMILES string of the molecule is Cc1ccc(S(=O)(=O)N(CC(=O)NC(c2ccccc2)c2cccc(C)c2)c2ccccc2F)cc1. The molecule has 4 aromatic rings. The summed E-state index contributed by atoms with van der Waals surface area (Å²) in [5.74, 6) is -1.30. The monoisotopic (exact) mass is 502 g/mol. The van der Waals surface area contributed by atoms with Crippen molar-refractivity contribution < 1.29 is 17.6 Å². The van der Waals surface area contributed by atoms with E-state index in [0.717, 1.165) is 26.6 Å². The lowest BCUT2D eigenvalue weighted by Gasteiger charge is -2.26. The Morgan fingerprint density at radius 3 is 2.11 bits per heavy atom. The van der Waals surface area contributed by atoms with E-state index < -0.39 is 34.3 Å². The van der Waals surface area contributed by atoms with E-state index >= 15 is 0 Å². The predicted octanol–water partition coefficient (Wildman–Crippen LogP) is 5.54. The van der Waals surface area contributed by atoms with Gasteiger partial charge in [0.1, 0.15) is 12.4 Å². The van der Waals surface area contributed by atoms with Crippen LogP contribution >= 0.6 is 0 Å². The van der Waals surface area contributed by atoms with Crippen LogP contribution in [0.4, 0.5) is 10.1 Å². The molecule has 1 amide bonds. The van der Waals surface area contributed by atoms with Gasteiger partial charge in [0.15, 0.2) is 0 Å². The van der Waals surface area contributed by atoms with Gasteiger partial charge in [-0.25, -0.2) is 12.8 Å². The van der Waals surface area contributed by atoms with Crippen LogP contribution < -0.4 is 9.62 Å². The first-order valence-corrected chi connectivity index (χ1v) is 12.9. The third-order valence-electron chi connectivity index (χ3n) is 5.83. The summed E-state index contributed by atoms with van der Waals surface area (Å²) >= 11 is 0. The van der Waals surface area contributed by atoms with Gasteiger partial charge in [0.2, 0.25) is 5.91 Å². The number of aryl methyl sites for hydroxylation is 2. The highest BCUT2D eigenvalue weighted by atomic mass is 32.2. The van der Waals surface area contributed by atoms with Crippen LogP contribution in [0.25, 0.3) is 0 Å². The molecular formula is C29H27FN2O3S. The number of rotatable bonds is 8. The third-order valence-corrected chi connectivity index (χ3v) is 7.60. The van der Waals surface area contributed by atoms with Crippen LogP contribution in [0.2, 0.25) is 0 Å². The highest BCUT2D eigenvalue weighted by molar-refractivity contribution is 7.92. The van der Waals surface area contributed by atoms with Gasteiger partial charge in [-0.15, -0.1) is 0 Å². The fraction of sp³-hybridized carbons (Fsp3) is 0.138. The minimum atomic E-state index is -4.23. The summed E-state index contributed by atoms with van der Waals surface area (Å²) < 4.78 is 42.8. The summed E-state index contributed by atoms with van der Waals surface area (Å²) in [6, 6.07) is 28.4. The van der Waals surface area contributed by atoms with E-state index in [0.29, 0.717) is 0 Å². The van der Waals surface area contributed by atoms with Crippen LogP contribution in [0.15, 0.2) is 108 Å². The number of para-hydroxylation sites is 1. The molecular weight excluding hydrogens is 475 g/mol. The molecule has 5 nitrogen and oxygen atoms in total. The molecule has 0 bridgehead atoms. The Morgan fingerprint density at radius 1 is 0.806 bits per heavy atom. The summed E-state index contributed by atoms with van der Waals surface area (Å²) in [5.41, 5.74) is 3.41. The molecule has 0 aliphatic rings. The first-order chi connectivity index (χ1) is 17.3. The van der Waals surface area contributed by atoms with Gasteiger partial charge in [-0.3, -0.25) is 9.10 Å². The van der Waals surface area contributed by atoms with Crippen molar-refractivity contribution in [3.05, 3.63) is 131 Å². The predicted molar refractivity (Wildman–Crippen MR) is 140 cm³/mol. The Labute approximate surface area is 211 Å². The number of carbonyl (C=O) groups is 1. The summed E-state index contributed by atoms with van der Waals surface area (Å²) in [7, 11) is -4.23. The van der Waals surface area contributed by atoms with Crippen LogP contribution in [0.5, 0.6) is 0 Å². The van der Waals surface area contributed by atoms with Crippen LogP contribution in [0, 0.1) is 19.7 Å². The number of benzene rings is 4. The first kappa shape index (κ1) is 25.1. The first-order valence-electron chi connectivity index (χ1n) is 11.5. The minimum absolute atomic E-state index is 0.0255. The number of nitrogens with zero attached hydrogens (tertiary/aromatic N) is 1. The van der Waals surface area contributed by atoms with Gasteiger partial charge in [-0.1, -0.05) is 90.0 Å². The molecule has 0 fully saturated rings. The van der Waals surface area contributed by atoms with Gasteiger partial charge in [0.25, 0.3) is 10.0 Å². The van der Waals surface area contributed by atoms with Crippen molar-refractivity contribution in [1.82, 2.24) is 5.32 Å². The Kier molecular flexibility index (Phi) is 7.50. The molecule has 0 saturated heterocycles. The molecule has 4 rings (SSSR count). The zero-order valence-corrected chi connectivity index (χ0v) is 20.9. The molecule has 0 aliphatic heterocycles. The number of halogens is 1. The molecule has 4 aromatic carbocycles. The van der Waals surface area contributed by atoms with Gasteiger partial charge in [-0.05, 0) is 49.2 Å². The third kappa shape index (κ3) is 5.63. The lowest BCUT2D eigenvalue weighted by molar-refractivity contribution is -0.120. The van der Waals surface area contributed by atoms with Gasteiger partial charge in [0, 0.05) is 0 Å². The maximum Gasteiger partial charge on any atom is 0.264 e. The Hall–Kier alpha value is -3.97. The Bertz CT molecular complexity index is 1460. The van der Waals surface area contributed by atoms with Crippen LogP contribution in [-0.2, 0) is 14.8 Å². The summed E-state index contributed by atoms with van der Waals surface area (Å²) in [6.07, 6.45) is 0. The second kappa shape index (κ2) is 10.7. The van der Waals surface area contributed by atoms with E-state index in [1.807, 2.05) is 68.4 Å². The van der Waals surface area contributed by atoms with Crippen LogP contribution in [0.3, 0.4) is 0 Å². The van der Waals surface area contributed by atoms with Gasteiger partial charge >= 0.3 is 0 Å². The van der Waals surface area contributed by atoms with E-state index in [1.54, 1.807) is 12.1 Å². The lowest BCUT2D eigenvalue weighted by Crippen LogP contribution is -2.42. The van der Waals surface area contributed by atoms with Crippen molar-refractivity contribution in [2.24, 2.45) is 0 Å². The smallest absolute Gasteiger partial charge is 0.264 e. The van der Waals surface area contributed by atoms with Crippen molar-refractivity contribution in [2.75, 3.05) is 10.8 Å². The summed E-state index contributed by atoms with van der Waals surface area (Å²) in [5, 5.41) is 2.96. The van der Waals surface area contributed by atoms with Gasteiger partial charge in [0.05, 0.1) is 16.6 Å². The topological polar surface area (TPSA) is 66.5 Å². The van der Waals surface area contributed by atoms with Crippen LogP contribution in [-0.4, -0.2) is 20.9 Å². The Morgan fingerprint density at radius 2 is 1.44 bits per heavy atom. The van der Waals surface area contributed by atoms with E-state index in [9.17, 15) is 17.6 Å². The van der Waals surface area contributed by atoms with Crippen molar-refractivity contribution in [2.45, 2.75) is 24.8 Å². The molecule has 0 spiro atoms. The maximum absolute atomic E-state index is 14.8. The fourth-order valence-corrected chi connectivity index (χ4v) is 5.41. The van der Waals surface area contributed by atoms with Gasteiger partial charge < -0.3 is 5.32 Å². The highest BCUT2D eigenvalue weighted by Gasteiger charge is 2.30. The fourth-order valence-electron chi connectivity index (χ4n) is 3.98. The van der Waals surface area contributed by atoms with Crippen LogP contribution in [0.1, 0.15) is 28.3 Å². The average molecular weight is 503 g/mol. The number of carbonyl (C=O) groups excluding carboxylic acids is 1. The largest absolute Gasteiger partial charge is 0.344 e. The normalized spacial score (nSPS) is 12.1. The molecule has 1 atom stereocenters. The van der Waals surface area contributed by atoms with E-state index in [2.05, 4.69) is 5.32 Å². The molecule has 36 heavy (non-hydrogen) atoms. The zero-order chi connectivity index (χ0) is 25.7. The molecule has 0 radical (unpaired) electrons. The standard InChI is InChI=1S/C29H27FN2O3S/c1-21-15-17-25(18-16-21)36(34,35)32(27-14-7-6-13-26(27)30)20-28(33)31-29(23-10-4-3-5-11-23)24-12-8-9-22(2)19-24/h3-19,29H,20H2,1-2H3,(H,31,33). The molecule has 1 unspecified atom stereocenters. The molecule has 7 heteroatoms. The molecule has 0 aliphatic carbocycles. The number of anilines is 1. The number of hydrogen-bond acceptors (Lipinski definition) is 3. The molecule has 0 heterocycles. The number of sulfonamides is 1. The molecule has 0 saturated carbocycles. The molecule has 1 N–H and O–H groups in total. The summed E-state index contributed by atoms with van der Waals surface area (Å²) in [6.45, 7) is 3.21. The van der Waals surface area contributed by atoms with Gasteiger partial charge in [-0.2, -0.15) is 0 Å². The quantitative estimate of drug-likeness (QED) is 0.344. The minimum Gasteiger partial charge on any atom is -0.344 e. The molecule has 184 valence electrons. The number of nitrogens with one attached hydrogen (secondary N) is 1. The lowest BCUT2D eigenvalue weighted by atomic mass is 9.97. The number of amides is 1. The Balaban J connectivity index is 1.70. The van der Waals surface area contributed by atoms with E-state index in [1.165, 1.54) is 36.4 Å². The number of hydrogen-bond donors (Lipinski definition) is 1. The second-order valence-electron chi connectivity index (χ2n) is 8.60. The second-order valence-corrected chi connectivity index (χ2v) is 10.5. The van der Waals surface area contributed by atoms with Crippen molar-refractivity contribution >= 4 is 21.6 Å². The van der Waals surface area contributed by atoms with Crippen molar-refractivity contribution in [3.8, 4) is 0 Å². The van der Waals surface area contributed by atoms with E-state index in [4.69, 9.17) is 0 Å². The molecule has 0 aromatic heterocycles. The average Bonchev–Trinajstić information content (AvgIpc) is 2.87. The summed E-state index contributed by atoms with van der Waals surface area (Å²) in [4.78, 5) is 13.3. The zero-order valence-electron chi connectivity index (χ0n) is 20.1. The maximum atomic E-state index is 14.8. The van der Waals surface area contributed by atoms with E-state index in [-0.39, 0.29) is 10.6 Å².